The van der Waals surface area contributed by atoms with Crippen molar-refractivity contribution in [3.8, 4) is 5.75 Å². The molecule has 0 radical (unpaired) electrons. The molecule has 1 heterocycles. The van der Waals surface area contributed by atoms with Gasteiger partial charge in [0.15, 0.2) is 0 Å². The van der Waals surface area contributed by atoms with Crippen LogP contribution < -0.4 is 10.1 Å². The van der Waals surface area contributed by atoms with Gasteiger partial charge in [-0.15, -0.1) is 11.3 Å². The van der Waals surface area contributed by atoms with E-state index in [1.54, 1.807) is 7.11 Å². The molecule has 2 nitrogen and oxygen atoms in total. The molecule has 0 saturated heterocycles. The van der Waals surface area contributed by atoms with Gasteiger partial charge < -0.3 is 10.1 Å². The van der Waals surface area contributed by atoms with E-state index in [1.807, 2.05) is 11.3 Å². The van der Waals surface area contributed by atoms with Crippen molar-refractivity contribution in [3.63, 3.8) is 0 Å². The van der Waals surface area contributed by atoms with Crippen LogP contribution in [0.25, 0.3) is 0 Å². The first-order valence-corrected chi connectivity index (χ1v) is 8.07. The summed E-state index contributed by atoms with van der Waals surface area (Å²) in [7, 11) is 1.75. The molecule has 1 fully saturated rings. The third-order valence-electron chi connectivity index (χ3n) is 3.92. The Hall–Kier alpha value is -0.540. The molecule has 1 saturated carbocycles. The van der Waals surface area contributed by atoms with E-state index < -0.39 is 0 Å². The number of methoxy groups -OCH3 is 1. The first-order chi connectivity index (χ1) is 8.83. The standard InChI is InChI=1S/C15H25NOS/c1-3-16-14(9-12-7-5-4-6-8-12)15-10-13(17-2)11-18-15/h10-12,14,16H,3-9H2,1-2H3. The van der Waals surface area contributed by atoms with Gasteiger partial charge in [0, 0.05) is 16.3 Å². The molecule has 1 aliphatic rings. The minimum absolute atomic E-state index is 0.520. The lowest BCUT2D eigenvalue weighted by atomic mass is 9.84. The van der Waals surface area contributed by atoms with Crippen molar-refractivity contribution in [2.24, 2.45) is 5.92 Å². The molecule has 1 aromatic rings. The Labute approximate surface area is 115 Å². The van der Waals surface area contributed by atoms with Crippen LogP contribution in [0.2, 0.25) is 0 Å². The number of rotatable bonds is 6. The van der Waals surface area contributed by atoms with Gasteiger partial charge in [0.2, 0.25) is 0 Å². The number of hydrogen-bond donors (Lipinski definition) is 1. The van der Waals surface area contributed by atoms with E-state index in [-0.39, 0.29) is 0 Å². The smallest absolute Gasteiger partial charge is 0.129 e. The molecule has 0 amide bonds. The summed E-state index contributed by atoms with van der Waals surface area (Å²) in [5.74, 6) is 1.91. The molecule has 1 atom stereocenters. The summed E-state index contributed by atoms with van der Waals surface area (Å²) in [6.45, 7) is 3.23. The summed E-state index contributed by atoms with van der Waals surface area (Å²) < 4.78 is 5.30. The van der Waals surface area contributed by atoms with Gasteiger partial charge in [-0.1, -0.05) is 39.0 Å². The van der Waals surface area contributed by atoms with Crippen LogP contribution in [-0.4, -0.2) is 13.7 Å². The van der Waals surface area contributed by atoms with Crippen molar-refractivity contribution in [1.29, 1.82) is 0 Å². The third-order valence-corrected chi connectivity index (χ3v) is 4.94. The molecule has 0 bridgehead atoms. The van der Waals surface area contributed by atoms with Gasteiger partial charge in [-0.2, -0.15) is 0 Å². The summed E-state index contributed by atoms with van der Waals surface area (Å²) in [4.78, 5) is 1.43. The first kappa shape index (κ1) is 13.9. The number of thiophene rings is 1. The van der Waals surface area contributed by atoms with Crippen molar-refractivity contribution in [2.75, 3.05) is 13.7 Å². The Morgan fingerprint density at radius 3 is 2.78 bits per heavy atom. The molecule has 1 N–H and O–H groups in total. The average molecular weight is 267 g/mol. The Bertz CT molecular complexity index is 344. The zero-order valence-electron chi connectivity index (χ0n) is 11.6. The van der Waals surface area contributed by atoms with E-state index >= 15 is 0 Å². The molecular formula is C15H25NOS. The maximum absolute atomic E-state index is 5.30. The van der Waals surface area contributed by atoms with E-state index in [0.29, 0.717) is 6.04 Å². The highest BCUT2D eigenvalue weighted by atomic mass is 32.1. The summed E-state index contributed by atoms with van der Waals surface area (Å²) in [6, 6.07) is 2.72. The molecule has 0 spiro atoms. The Morgan fingerprint density at radius 2 is 2.17 bits per heavy atom. The van der Waals surface area contributed by atoms with Crippen LogP contribution in [0.4, 0.5) is 0 Å². The molecule has 1 aromatic heterocycles. The van der Waals surface area contributed by atoms with Crippen LogP contribution in [0.5, 0.6) is 5.75 Å². The van der Waals surface area contributed by atoms with Crippen LogP contribution in [0.15, 0.2) is 11.4 Å². The lowest BCUT2D eigenvalue weighted by molar-refractivity contribution is 0.303. The van der Waals surface area contributed by atoms with Crippen molar-refractivity contribution < 1.29 is 4.74 Å². The lowest BCUT2D eigenvalue weighted by Gasteiger charge is -2.26. The number of hydrogen-bond acceptors (Lipinski definition) is 3. The quantitative estimate of drug-likeness (QED) is 0.826. The van der Waals surface area contributed by atoms with Crippen molar-refractivity contribution in [3.05, 3.63) is 16.3 Å². The average Bonchev–Trinajstić information content (AvgIpc) is 2.88. The molecule has 0 aliphatic heterocycles. The Morgan fingerprint density at radius 1 is 1.39 bits per heavy atom. The van der Waals surface area contributed by atoms with Crippen LogP contribution in [0.3, 0.4) is 0 Å². The second-order valence-corrected chi connectivity index (χ2v) is 6.18. The molecule has 2 rings (SSSR count). The van der Waals surface area contributed by atoms with Crippen LogP contribution in [-0.2, 0) is 0 Å². The highest BCUT2D eigenvalue weighted by Gasteiger charge is 2.20. The van der Waals surface area contributed by atoms with E-state index in [4.69, 9.17) is 4.74 Å². The zero-order chi connectivity index (χ0) is 12.8. The fraction of sp³-hybridized carbons (Fsp3) is 0.733. The predicted octanol–water partition coefficient (Wildman–Crippen LogP) is 4.38. The fourth-order valence-corrected chi connectivity index (χ4v) is 3.87. The van der Waals surface area contributed by atoms with Crippen molar-refractivity contribution in [2.45, 2.75) is 51.5 Å². The summed E-state index contributed by atoms with van der Waals surface area (Å²) >= 11 is 1.82. The molecule has 1 unspecified atom stereocenters. The minimum atomic E-state index is 0.520. The second kappa shape index (κ2) is 7.15. The molecule has 18 heavy (non-hydrogen) atoms. The normalized spacial score (nSPS) is 18.8. The highest BCUT2D eigenvalue weighted by Crippen LogP contribution is 2.35. The van der Waals surface area contributed by atoms with E-state index in [1.165, 1.54) is 43.4 Å². The monoisotopic (exact) mass is 267 g/mol. The van der Waals surface area contributed by atoms with Gasteiger partial charge >= 0.3 is 0 Å². The number of nitrogens with one attached hydrogen (secondary N) is 1. The van der Waals surface area contributed by atoms with Crippen molar-refractivity contribution in [1.82, 2.24) is 5.32 Å². The Kier molecular flexibility index (Phi) is 5.51. The van der Waals surface area contributed by atoms with E-state index in [2.05, 4.69) is 23.7 Å². The molecule has 1 aliphatic carbocycles. The summed E-state index contributed by atoms with van der Waals surface area (Å²) in [5, 5.41) is 5.75. The van der Waals surface area contributed by atoms with E-state index in [0.717, 1.165) is 18.2 Å². The highest BCUT2D eigenvalue weighted by molar-refractivity contribution is 7.10. The van der Waals surface area contributed by atoms with Gasteiger partial charge in [-0.05, 0) is 24.9 Å². The summed E-state index contributed by atoms with van der Waals surface area (Å²) in [6.07, 6.45) is 8.43. The van der Waals surface area contributed by atoms with Crippen LogP contribution in [0, 0.1) is 5.92 Å². The first-order valence-electron chi connectivity index (χ1n) is 7.19. The maximum atomic E-state index is 5.30. The molecule has 0 aromatic carbocycles. The molecule has 102 valence electrons. The second-order valence-electron chi connectivity index (χ2n) is 5.24. The van der Waals surface area contributed by atoms with Gasteiger partial charge in [-0.25, -0.2) is 0 Å². The van der Waals surface area contributed by atoms with E-state index in [9.17, 15) is 0 Å². The molecular weight excluding hydrogens is 242 g/mol. The SMILES string of the molecule is CCNC(CC1CCCCC1)c1cc(OC)cs1. The van der Waals surface area contributed by atoms with Crippen LogP contribution >= 0.6 is 11.3 Å². The van der Waals surface area contributed by atoms with Crippen LogP contribution in [0.1, 0.15) is 56.4 Å². The molecule has 3 heteroatoms. The third kappa shape index (κ3) is 3.72. The van der Waals surface area contributed by atoms with Gasteiger partial charge in [0.1, 0.15) is 5.75 Å². The number of ether oxygens (including phenoxy) is 1. The van der Waals surface area contributed by atoms with Gasteiger partial charge in [-0.3, -0.25) is 0 Å². The zero-order valence-corrected chi connectivity index (χ0v) is 12.4. The van der Waals surface area contributed by atoms with Gasteiger partial charge in [0.05, 0.1) is 7.11 Å². The minimum Gasteiger partial charge on any atom is -0.496 e. The predicted molar refractivity (Wildman–Crippen MR) is 78.5 cm³/mol. The van der Waals surface area contributed by atoms with Gasteiger partial charge in [0.25, 0.3) is 0 Å². The Balaban J connectivity index is 1.97. The largest absolute Gasteiger partial charge is 0.496 e. The lowest BCUT2D eigenvalue weighted by Crippen LogP contribution is -2.23. The topological polar surface area (TPSA) is 21.3 Å². The summed E-state index contributed by atoms with van der Waals surface area (Å²) in [5.41, 5.74) is 0. The fourth-order valence-electron chi connectivity index (χ4n) is 2.93. The maximum Gasteiger partial charge on any atom is 0.129 e. The van der Waals surface area contributed by atoms with Crippen molar-refractivity contribution >= 4 is 11.3 Å².